The normalized spacial score (nSPS) is 20.9. The van der Waals surface area contributed by atoms with Gasteiger partial charge < -0.3 is 14.6 Å². The molecule has 2 N–H and O–H groups in total. The number of sulfonamides is 1. The second kappa shape index (κ2) is 8.33. The van der Waals surface area contributed by atoms with Crippen LogP contribution in [0.3, 0.4) is 0 Å². The van der Waals surface area contributed by atoms with Crippen LogP contribution in [0.1, 0.15) is 37.2 Å². The van der Waals surface area contributed by atoms with E-state index in [2.05, 4.69) is 10.0 Å². The van der Waals surface area contributed by atoms with Gasteiger partial charge in [-0.3, -0.25) is 4.79 Å². The van der Waals surface area contributed by atoms with E-state index in [0.717, 1.165) is 12.5 Å². The highest BCUT2D eigenvalue weighted by Crippen LogP contribution is 2.34. The van der Waals surface area contributed by atoms with E-state index in [9.17, 15) is 17.6 Å². The smallest absolute Gasteiger partial charge is 0.276 e. The van der Waals surface area contributed by atoms with Crippen LogP contribution in [0.25, 0.3) is 0 Å². The second-order valence-electron chi connectivity index (χ2n) is 6.98. The Morgan fingerprint density at radius 3 is 2.72 bits per heavy atom. The Bertz CT molecular complexity index is 1040. The molecule has 1 aliphatic rings. The lowest BCUT2D eigenvalue weighted by molar-refractivity contribution is 0.101. The van der Waals surface area contributed by atoms with Gasteiger partial charge in [-0.15, -0.1) is 0 Å². The number of aryl methyl sites for hydroxylation is 1. The molecule has 10 heteroatoms. The Balaban J connectivity index is 2.00. The fourth-order valence-electron chi connectivity index (χ4n) is 3.42. The van der Waals surface area contributed by atoms with Gasteiger partial charge in [-0.2, -0.15) is 0 Å². The minimum Gasteiger partial charge on any atom is -0.489 e. The number of rotatable bonds is 4. The van der Waals surface area contributed by atoms with Gasteiger partial charge in [0.25, 0.3) is 5.91 Å². The van der Waals surface area contributed by atoms with Crippen LogP contribution in [-0.4, -0.2) is 31.5 Å². The molecule has 1 amide bonds. The average Bonchev–Trinajstić information content (AvgIpc) is 3.00. The highest BCUT2D eigenvalue weighted by atomic mass is 35.5. The zero-order chi connectivity index (χ0) is 21.3. The van der Waals surface area contributed by atoms with Crippen molar-refractivity contribution < 1.29 is 22.3 Å². The number of fused-ring (bicyclic) bond motifs is 1. The maximum absolute atomic E-state index is 13.4. The number of ether oxygens (including phenoxy) is 1. The third-order valence-electron chi connectivity index (χ3n) is 5.07. The lowest BCUT2D eigenvalue weighted by Crippen LogP contribution is -2.43. The number of anilines is 1. The first kappa shape index (κ1) is 21.6. The summed E-state index contributed by atoms with van der Waals surface area (Å²) in [5.41, 5.74) is 0.330. The number of halogens is 2. The minimum atomic E-state index is -3.87. The zero-order valence-corrected chi connectivity index (χ0v) is 17.9. The molecule has 3 rings (SSSR count). The molecule has 2 aromatic rings. The average molecular weight is 444 g/mol. The van der Waals surface area contributed by atoms with E-state index in [-0.39, 0.29) is 45.6 Å². The number of hydrogen-bond donors (Lipinski definition) is 2. The standard InChI is InChI=1S/C19H23ClFN3O4S/c1-4-11-10-28-18-16(29(26,27)23-15(11)5-2)9-24(3)17(18)19(25)22-12-6-7-14(21)13(20)8-12/h6-9,11,15,23H,4-5,10H2,1-3H3,(H,22,25)/t11-,15-/m0/s1. The van der Waals surface area contributed by atoms with Crippen LogP contribution in [0, 0.1) is 11.7 Å². The first-order valence-electron chi connectivity index (χ1n) is 9.28. The Morgan fingerprint density at radius 2 is 2.10 bits per heavy atom. The highest BCUT2D eigenvalue weighted by Gasteiger charge is 2.35. The maximum atomic E-state index is 13.4. The van der Waals surface area contributed by atoms with Crippen molar-refractivity contribution in [3.8, 4) is 5.75 Å². The molecule has 1 aromatic heterocycles. The van der Waals surface area contributed by atoms with E-state index in [1.807, 2.05) is 13.8 Å². The summed E-state index contributed by atoms with van der Waals surface area (Å²) in [6, 6.07) is 3.52. The van der Waals surface area contributed by atoms with Crippen molar-refractivity contribution in [3.05, 3.63) is 40.9 Å². The lowest BCUT2D eigenvalue weighted by Gasteiger charge is -2.28. The van der Waals surface area contributed by atoms with E-state index in [1.165, 1.54) is 22.9 Å². The van der Waals surface area contributed by atoms with Crippen molar-refractivity contribution in [1.29, 1.82) is 0 Å². The molecular weight excluding hydrogens is 421 g/mol. The van der Waals surface area contributed by atoms with Crippen molar-refractivity contribution in [2.24, 2.45) is 13.0 Å². The molecule has 0 spiro atoms. The SMILES string of the molecule is CC[C@H]1COc2c(cn(C)c2C(=O)Nc2ccc(F)c(Cl)c2)S(=O)(=O)N[C@H]1CC. The third-order valence-corrected chi connectivity index (χ3v) is 6.84. The van der Waals surface area contributed by atoms with Gasteiger partial charge in [0, 0.05) is 30.9 Å². The number of carbonyl (C=O) groups is 1. The van der Waals surface area contributed by atoms with Crippen LogP contribution in [0.2, 0.25) is 5.02 Å². The first-order valence-corrected chi connectivity index (χ1v) is 11.1. The Labute approximate surface area is 174 Å². The van der Waals surface area contributed by atoms with Gasteiger partial charge in [0.2, 0.25) is 10.0 Å². The summed E-state index contributed by atoms with van der Waals surface area (Å²) < 4.78 is 49.2. The van der Waals surface area contributed by atoms with Crippen LogP contribution < -0.4 is 14.8 Å². The number of amides is 1. The molecule has 1 aliphatic heterocycles. The van der Waals surface area contributed by atoms with Gasteiger partial charge in [0.1, 0.15) is 10.7 Å². The van der Waals surface area contributed by atoms with Crippen LogP contribution in [0.15, 0.2) is 29.3 Å². The molecule has 0 fully saturated rings. The fraction of sp³-hybridized carbons (Fsp3) is 0.421. The number of nitrogens with zero attached hydrogens (tertiary/aromatic N) is 1. The number of hydrogen-bond acceptors (Lipinski definition) is 4. The summed E-state index contributed by atoms with van der Waals surface area (Å²) >= 11 is 5.76. The van der Waals surface area contributed by atoms with E-state index < -0.39 is 21.7 Å². The van der Waals surface area contributed by atoms with E-state index in [4.69, 9.17) is 16.3 Å². The summed E-state index contributed by atoms with van der Waals surface area (Å²) in [4.78, 5) is 12.8. The van der Waals surface area contributed by atoms with Gasteiger partial charge in [0.05, 0.1) is 11.6 Å². The molecule has 2 atom stereocenters. The van der Waals surface area contributed by atoms with Gasteiger partial charge in [0.15, 0.2) is 11.4 Å². The zero-order valence-electron chi connectivity index (χ0n) is 16.3. The topological polar surface area (TPSA) is 89.4 Å². The van der Waals surface area contributed by atoms with Gasteiger partial charge >= 0.3 is 0 Å². The third kappa shape index (κ3) is 4.26. The number of carbonyl (C=O) groups excluding carboxylic acids is 1. The molecule has 0 saturated heterocycles. The molecule has 0 saturated carbocycles. The summed E-state index contributed by atoms with van der Waals surface area (Å²) in [5.74, 6) is -1.23. The minimum absolute atomic E-state index is 0.00119. The van der Waals surface area contributed by atoms with Crippen molar-refractivity contribution in [3.63, 3.8) is 0 Å². The molecular formula is C19H23ClFN3O4S. The van der Waals surface area contributed by atoms with Gasteiger partial charge in [-0.25, -0.2) is 17.5 Å². The number of nitrogens with one attached hydrogen (secondary N) is 2. The molecule has 1 aromatic carbocycles. The summed E-state index contributed by atoms with van der Waals surface area (Å²) in [7, 11) is -2.31. The Kier molecular flexibility index (Phi) is 6.21. The largest absolute Gasteiger partial charge is 0.489 e. The Morgan fingerprint density at radius 1 is 1.38 bits per heavy atom. The van der Waals surface area contributed by atoms with Crippen LogP contribution >= 0.6 is 11.6 Å². The van der Waals surface area contributed by atoms with E-state index in [0.29, 0.717) is 6.42 Å². The van der Waals surface area contributed by atoms with E-state index in [1.54, 1.807) is 7.05 Å². The quantitative estimate of drug-likeness (QED) is 0.756. The van der Waals surface area contributed by atoms with Crippen molar-refractivity contribution in [2.45, 2.75) is 37.6 Å². The predicted octanol–water partition coefficient (Wildman–Crippen LogP) is 3.55. The summed E-state index contributed by atoms with van der Waals surface area (Å²) in [6.45, 7) is 4.15. The summed E-state index contributed by atoms with van der Waals surface area (Å²) in [5, 5.41) is 2.47. The molecule has 0 bridgehead atoms. The molecule has 0 unspecified atom stereocenters. The maximum Gasteiger partial charge on any atom is 0.276 e. The number of aromatic nitrogens is 1. The molecule has 158 valence electrons. The molecule has 2 heterocycles. The molecule has 7 nitrogen and oxygen atoms in total. The summed E-state index contributed by atoms with van der Waals surface area (Å²) in [6.07, 6.45) is 2.70. The van der Waals surface area contributed by atoms with Crippen LogP contribution in [-0.2, 0) is 17.1 Å². The van der Waals surface area contributed by atoms with Crippen LogP contribution in [0.5, 0.6) is 5.75 Å². The predicted molar refractivity (Wildman–Crippen MR) is 108 cm³/mol. The van der Waals surface area contributed by atoms with Crippen molar-refractivity contribution in [2.75, 3.05) is 11.9 Å². The lowest BCUT2D eigenvalue weighted by atomic mass is 9.96. The second-order valence-corrected chi connectivity index (χ2v) is 9.07. The van der Waals surface area contributed by atoms with Gasteiger partial charge in [-0.05, 0) is 31.0 Å². The molecule has 0 radical (unpaired) electrons. The first-order chi connectivity index (χ1) is 13.7. The van der Waals surface area contributed by atoms with Crippen LogP contribution in [0.4, 0.5) is 10.1 Å². The molecule has 29 heavy (non-hydrogen) atoms. The van der Waals surface area contributed by atoms with Gasteiger partial charge in [-0.1, -0.05) is 25.4 Å². The number of benzene rings is 1. The monoisotopic (exact) mass is 443 g/mol. The Hall–Kier alpha value is -2.10. The van der Waals surface area contributed by atoms with Crippen molar-refractivity contribution in [1.82, 2.24) is 9.29 Å². The molecule has 0 aliphatic carbocycles. The van der Waals surface area contributed by atoms with Crippen molar-refractivity contribution >= 4 is 33.2 Å². The highest BCUT2D eigenvalue weighted by molar-refractivity contribution is 7.89. The fourth-order valence-corrected chi connectivity index (χ4v) is 5.18. The van der Waals surface area contributed by atoms with E-state index >= 15 is 0 Å².